The minimum Gasteiger partial charge on any atom is -0.347 e. The van der Waals surface area contributed by atoms with E-state index in [2.05, 4.69) is 32.3 Å². The van der Waals surface area contributed by atoms with Gasteiger partial charge in [0.2, 0.25) is 0 Å². The summed E-state index contributed by atoms with van der Waals surface area (Å²) in [4.78, 5) is 23.1. The lowest BCUT2D eigenvalue weighted by Gasteiger charge is -2.17. The van der Waals surface area contributed by atoms with Gasteiger partial charge in [-0.3, -0.25) is 4.79 Å². The number of anilines is 2. The highest BCUT2D eigenvalue weighted by Gasteiger charge is 2.21. The van der Waals surface area contributed by atoms with E-state index in [0.29, 0.717) is 11.6 Å². The van der Waals surface area contributed by atoms with Gasteiger partial charge in [0.05, 0.1) is 12.4 Å². The van der Waals surface area contributed by atoms with Gasteiger partial charge in [0, 0.05) is 23.8 Å². The molecule has 2 heterocycles. The molecule has 0 spiro atoms. The third kappa shape index (κ3) is 3.26. The Morgan fingerprint density at radius 1 is 1.08 bits per heavy atom. The van der Waals surface area contributed by atoms with Crippen molar-refractivity contribution in [2.75, 3.05) is 11.4 Å². The summed E-state index contributed by atoms with van der Waals surface area (Å²) in [7, 11) is 0. The maximum atomic E-state index is 12.3. The number of fused-ring (bicyclic) bond motifs is 1. The zero-order chi connectivity index (χ0) is 17.9. The first-order valence-corrected chi connectivity index (χ1v) is 8.79. The van der Waals surface area contributed by atoms with Crippen molar-refractivity contribution in [3.63, 3.8) is 0 Å². The largest absolute Gasteiger partial charge is 0.347 e. The molecule has 1 aromatic heterocycles. The highest BCUT2D eigenvalue weighted by atomic mass is 35.5. The molecule has 26 heavy (non-hydrogen) atoms. The van der Waals surface area contributed by atoms with Crippen LogP contribution in [0.15, 0.2) is 60.9 Å². The zero-order valence-electron chi connectivity index (χ0n) is 14.0. The summed E-state index contributed by atoms with van der Waals surface area (Å²) in [5.74, 6) is 0.475. The van der Waals surface area contributed by atoms with Crippen LogP contribution < -0.4 is 10.2 Å². The Labute approximate surface area is 156 Å². The number of para-hydroxylation sites is 1. The Hall–Kier alpha value is -2.92. The van der Waals surface area contributed by atoms with E-state index in [4.69, 9.17) is 11.6 Å². The average molecular weight is 365 g/mol. The van der Waals surface area contributed by atoms with Crippen LogP contribution in [0.5, 0.6) is 0 Å². The number of nitrogens with one attached hydrogen (secondary N) is 1. The normalized spacial score (nSPS) is 12.7. The quantitative estimate of drug-likeness (QED) is 0.766. The van der Waals surface area contributed by atoms with Gasteiger partial charge in [-0.05, 0) is 29.7 Å². The number of hydrogen-bond acceptors (Lipinski definition) is 4. The van der Waals surface area contributed by atoms with E-state index in [1.807, 2.05) is 30.3 Å². The molecule has 130 valence electrons. The molecule has 0 atom stereocenters. The van der Waals surface area contributed by atoms with Crippen LogP contribution in [0.25, 0.3) is 0 Å². The highest BCUT2D eigenvalue weighted by molar-refractivity contribution is 6.31. The van der Waals surface area contributed by atoms with E-state index >= 15 is 0 Å². The summed E-state index contributed by atoms with van der Waals surface area (Å²) in [6.07, 6.45) is 4.14. The minimum atomic E-state index is -0.272. The molecule has 1 N–H and O–H groups in total. The van der Waals surface area contributed by atoms with Crippen LogP contribution in [-0.2, 0) is 13.0 Å². The summed E-state index contributed by atoms with van der Waals surface area (Å²) >= 11 is 6.10. The van der Waals surface area contributed by atoms with Gasteiger partial charge in [-0.15, -0.1) is 0 Å². The molecule has 1 amide bonds. The van der Waals surface area contributed by atoms with Crippen LogP contribution >= 0.6 is 11.6 Å². The second-order valence-electron chi connectivity index (χ2n) is 6.06. The van der Waals surface area contributed by atoms with Crippen molar-refractivity contribution in [2.24, 2.45) is 0 Å². The fourth-order valence-electron chi connectivity index (χ4n) is 3.06. The number of halogens is 1. The zero-order valence-corrected chi connectivity index (χ0v) is 14.8. The lowest BCUT2D eigenvalue weighted by atomic mass is 10.2. The van der Waals surface area contributed by atoms with Gasteiger partial charge >= 0.3 is 0 Å². The lowest BCUT2D eigenvalue weighted by Crippen LogP contribution is -2.24. The van der Waals surface area contributed by atoms with E-state index in [1.54, 1.807) is 12.3 Å². The van der Waals surface area contributed by atoms with Crippen LogP contribution in [0.2, 0.25) is 5.02 Å². The molecule has 0 bridgehead atoms. The second-order valence-corrected chi connectivity index (χ2v) is 6.47. The Kier molecular flexibility index (Phi) is 4.54. The molecule has 4 rings (SSSR count). The molecule has 0 saturated carbocycles. The van der Waals surface area contributed by atoms with E-state index < -0.39 is 0 Å². The number of hydrogen-bond donors (Lipinski definition) is 1. The van der Waals surface area contributed by atoms with Gasteiger partial charge in [0.15, 0.2) is 5.82 Å². The topological polar surface area (TPSA) is 58.1 Å². The molecule has 0 unspecified atom stereocenters. The molecule has 6 heteroatoms. The van der Waals surface area contributed by atoms with Gasteiger partial charge < -0.3 is 10.2 Å². The Morgan fingerprint density at radius 2 is 1.88 bits per heavy atom. The van der Waals surface area contributed by atoms with Crippen LogP contribution in [0.1, 0.15) is 21.6 Å². The van der Waals surface area contributed by atoms with Crippen molar-refractivity contribution in [2.45, 2.75) is 13.0 Å². The van der Waals surface area contributed by atoms with Crippen molar-refractivity contribution in [3.05, 3.63) is 82.8 Å². The molecule has 0 aliphatic carbocycles. The van der Waals surface area contributed by atoms with Gasteiger partial charge in [-0.25, -0.2) is 9.97 Å². The molecule has 0 fully saturated rings. The second kappa shape index (κ2) is 7.14. The van der Waals surface area contributed by atoms with Crippen molar-refractivity contribution < 1.29 is 4.79 Å². The maximum Gasteiger partial charge on any atom is 0.271 e. The number of carbonyl (C=O) groups is 1. The number of aromatic nitrogens is 2. The molecule has 1 aliphatic rings. The number of amides is 1. The molecule has 0 saturated heterocycles. The van der Waals surface area contributed by atoms with Gasteiger partial charge in [-0.2, -0.15) is 0 Å². The SMILES string of the molecule is O=C(NCc1ccccc1Cl)c1cnc(N2CCc3ccccc32)cn1. The summed E-state index contributed by atoms with van der Waals surface area (Å²) < 4.78 is 0. The van der Waals surface area contributed by atoms with Crippen molar-refractivity contribution in [3.8, 4) is 0 Å². The third-order valence-corrected chi connectivity index (χ3v) is 4.80. The van der Waals surface area contributed by atoms with Crippen LogP contribution in [0, 0.1) is 0 Å². The Bertz CT molecular complexity index is 943. The Balaban J connectivity index is 1.45. The first-order valence-electron chi connectivity index (χ1n) is 8.41. The molecule has 1 aliphatic heterocycles. The summed E-state index contributed by atoms with van der Waals surface area (Å²) in [5.41, 5.74) is 3.60. The molecule has 5 nitrogen and oxygen atoms in total. The summed E-state index contributed by atoms with van der Waals surface area (Å²) in [5, 5.41) is 3.45. The molecular formula is C20H17ClN4O. The monoisotopic (exact) mass is 364 g/mol. The van der Waals surface area contributed by atoms with E-state index in [-0.39, 0.29) is 11.6 Å². The number of nitrogens with zero attached hydrogens (tertiary/aromatic N) is 3. The summed E-state index contributed by atoms with van der Waals surface area (Å²) in [6, 6.07) is 15.7. The van der Waals surface area contributed by atoms with Crippen molar-refractivity contribution >= 4 is 29.0 Å². The van der Waals surface area contributed by atoms with Gasteiger partial charge in [0.1, 0.15) is 5.69 Å². The van der Waals surface area contributed by atoms with Gasteiger partial charge in [0.25, 0.3) is 5.91 Å². The first kappa shape index (κ1) is 16.5. The van der Waals surface area contributed by atoms with Crippen molar-refractivity contribution in [1.29, 1.82) is 0 Å². The van der Waals surface area contributed by atoms with Crippen molar-refractivity contribution in [1.82, 2.24) is 15.3 Å². The number of rotatable bonds is 4. The van der Waals surface area contributed by atoms with Crippen LogP contribution in [0.4, 0.5) is 11.5 Å². The standard InChI is InChI=1S/C20H17ClN4O/c21-16-7-3-1-6-15(16)11-24-20(26)17-12-23-19(13-22-17)25-10-9-14-5-2-4-8-18(14)25/h1-8,12-13H,9-11H2,(H,24,26). The minimum absolute atomic E-state index is 0.272. The Morgan fingerprint density at radius 3 is 2.69 bits per heavy atom. The lowest BCUT2D eigenvalue weighted by molar-refractivity contribution is 0.0945. The predicted octanol–water partition coefficient (Wildman–Crippen LogP) is 3.75. The number of carbonyl (C=O) groups excluding carboxylic acids is 1. The molecule has 3 aromatic rings. The highest BCUT2D eigenvalue weighted by Crippen LogP contribution is 2.32. The van der Waals surface area contributed by atoms with Crippen LogP contribution in [0.3, 0.4) is 0 Å². The van der Waals surface area contributed by atoms with E-state index in [9.17, 15) is 4.79 Å². The maximum absolute atomic E-state index is 12.3. The molecule has 2 aromatic carbocycles. The smallest absolute Gasteiger partial charge is 0.271 e. The molecule has 0 radical (unpaired) electrons. The fraction of sp³-hybridized carbons (Fsp3) is 0.150. The predicted molar refractivity (Wildman–Crippen MR) is 102 cm³/mol. The fourth-order valence-corrected chi connectivity index (χ4v) is 3.26. The van der Waals surface area contributed by atoms with E-state index in [0.717, 1.165) is 30.0 Å². The average Bonchev–Trinajstić information content (AvgIpc) is 3.11. The van der Waals surface area contributed by atoms with E-state index in [1.165, 1.54) is 11.8 Å². The first-order chi connectivity index (χ1) is 12.7. The third-order valence-electron chi connectivity index (χ3n) is 4.43. The molecular weight excluding hydrogens is 348 g/mol. The van der Waals surface area contributed by atoms with Gasteiger partial charge in [-0.1, -0.05) is 48.0 Å². The number of benzene rings is 2. The summed E-state index contributed by atoms with van der Waals surface area (Å²) in [6.45, 7) is 1.22. The van der Waals surface area contributed by atoms with Crippen LogP contribution in [-0.4, -0.2) is 22.4 Å².